The predicted octanol–water partition coefficient (Wildman–Crippen LogP) is 4.69. The molecule has 0 aliphatic carbocycles. The molecule has 0 bridgehead atoms. The SMILES string of the molecule is CC(=O)Nc1ccc(SCC(=O)Nc2ccccc2SC(F)F)cc1. The van der Waals surface area contributed by atoms with Crippen LogP contribution in [-0.4, -0.2) is 23.3 Å². The zero-order valence-corrected chi connectivity index (χ0v) is 14.9. The number of halogens is 2. The van der Waals surface area contributed by atoms with Gasteiger partial charge in [-0.1, -0.05) is 23.9 Å². The van der Waals surface area contributed by atoms with E-state index in [4.69, 9.17) is 0 Å². The quantitative estimate of drug-likeness (QED) is 0.682. The lowest BCUT2D eigenvalue weighted by Crippen LogP contribution is -2.14. The van der Waals surface area contributed by atoms with E-state index in [1.165, 1.54) is 18.7 Å². The van der Waals surface area contributed by atoms with Crippen molar-refractivity contribution in [2.24, 2.45) is 0 Å². The fourth-order valence-corrected chi connectivity index (χ4v) is 3.24. The molecule has 132 valence electrons. The third-order valence-corrected chi connectivity index (χ3v) is 4.72. The second kappa shape index (κ2) is 9.43. The third kappa shape index (κ3) is 6.75. The maximum Gasteiger partial charge on any atom is 0.288 e. The number of nitrogens with one attached hydrogen (secondary N) is 2. The molecule has 25 heavy (non-hydrogen) atoms. The number of carbonyl (C=O) groups is 2. The lowest BCUT2D eigenvalue weighted by molar-refractivity contribution is -0.114. The molecule has 2 amide bonds. The number of amides is 2. The molecule has 0 spiro atoms. The first-order chi connectivity index (χ1) is 11.9. The van der Waals surface area contributed by atoms with Gasteiger partial charge in [0.1, 0.15) is 0 Å². The van der Waals surface area contributed by atoms with Gasteiger partial charge in [0.05, 0.1) is 11.4 Å². The Bertz CT molecular complexity index is 740. The lowest BCUT2D eigenvalue weighted by atomic mass is 10.3. The summed E-state index contributed by atoms with van der Waals surface area (Å²) in [6.45, 7) is 1.43. The van der Waals surface area contributed by atoms with Crippen LogP contribution in [0.1, 0.15) is 6.92 Å². The number of rotatable bonds is 7. The largest absolute Gasteiger partial charge is 0.326 e. The number of anilines is 2. The molecule has 0 fully saturated rings. The standard InChI is InChI=1S/C17H16F2N2O2S2/c1-11(22)20-12-6-8-13(9-7-12)24-10-16(23)21-14-4-2-3-5-15(14)25-17(18)19/h2-9,17H,10H2,1H3,(H,20,22)(H,21,23). The Morgan fingerprint density at radius 1 is 1.04 bits per heavy atom. The van der Waals surface area contributed by atoms with Gasteiger partial charge in [-0.15, -0.1) is 11.8 Å². The first-order valence-electron chi connectivity index (χ1n) is 7.28. The highest BCUT2D eigenvalue weighted by molar-refractivity contribution is 8.00. The maximum atomic E-state index is 12.5. The summed E-state index contributed by atoms with van der Waals surface area (Å²) >= 11 is 1.71. The van der Waals surface area contributed by atoms with Crippen molar-refractivity contribution in [3.05, 3.63) is 48.5 Å². The average molecular weight is 382 g/mol. The van der Waals surface area contributed by atoms with Gasteiger partial charge in [-0.3, -0.25) is 9.59 Å². The summed E-state index contributed by atoms with van der Waals surface area (Å²) in [7, 11) is 0. The minimum Gasteiger partial charge on any atom is -0.326 e. The molecule has 0 atom stereocenters. The van der Waals surface area contributed by atoms with E-state index in [9.17, 15) is 18.4 Å². The summed E-state index contributed by atoms with van der Waals surface area (Å²) in [4.78, 5) is 24.2. The van der Waals surface area contributed by atoms with Crippen molar-refractivity contribution < 1.29 is 18.4 Å². The molecule has 8 heteroatoms. The van der Waals surface area contributed by atoms with Crippen LogP contribution in [0.2, 0.25) is 0 Å². The van der Waals surface area contributed by atoms with E-state index in [0.29, 0.717) is 28.0 Å². The second-order valence-corrected chi connectivity index (χ2v) is 7.00. The third-order valence-electron chi connectivity index (χ3n) is 2.92. The van der Waals surface area contributed by atoms with Crippen LogP contribution in [0.4, 0.5) is 20.2 Å². The Kier molecular flexibility index (Phi) is 7.27. The molecule has 0 saturated carbocycles. The van der Waals surface area contributed by atoms with Gasteiger partial charge in [0, 0.05) is 22.4 Å². The van der Waals surface area contributed by atoms with E-state index in [2.05, 4.69) is 10.6 Å². The summed E-state index contributed by atoms with van der Waals surface area (Å²) < 4.78 is 25.1. The van der Waals surface area contributed by atoms with Crippen LogP contribution in [0, 0.1) is 0 Å². The van der Waals surface area contributed by atoms with E-state index in [1.807, 2.05) is 0 Å². The maximum absolute atomic E-state index is 12.5. The van der Waals surface area contributed by atoms with Gasteiger partial charge in [-0.2, -0.15) is 8.78 Å². The highest BCUT2D eigenvalue weighted by Gasteiger charge is 2.12. The summed E-state index contributed by atoms with van der Waals surface area (Å²) in [5, 5.41) is 5.31. The number of para-hydroxylation sites is 1. The molecule has 2 N–H and O–H groups in total. The molecular formula is C17H16F2N2O2S2. The second-order valence-electron chi connectivity index (χ2n) is 4.92. The van der Waals surface area contributed by atoms with Gasteiger partial charge in [0.2, 0.25) is 11.8 Å². The van der Waals surface area contributed by atoms with Crippen molar-refractivity contribution in [2.75, 3.05) is 16.4 Å². The van der Waals surface area contributed by atoms with Crippen molar-refractivity contribution in [2.45, 2.75) is 22.5 Å². The van der Waals surface area contributed by atoms with Crippen LogP contribution in [0.5, 0.6) is 0 Å². The molecule has 0 aliphatic rings. The Hall–Kier alpha value is -2.06. The fraction of sp³-hybridized carbons (Fsp3) is 0.176. The van der Waals surface area contributed by atoms with Gasteiger partial charge >= 0.3 is 0 Å². The Morgan fingerprint density at radius 2 is 1.72 bits per heavy atom. The number of carbonyl (C=O) groups excluding carboxylic acids is 2. The molecule has 2 rings (SSSR count). The molecular weight excluding hydrogens is 366 g/mol. The van der Waals surface area contributed by atoms with Crippen molar-refractivity contribution in [3.63, 3.8) is 0 Å². The van der Waals surface area contributed by atoms with Crippen molar-refractivity contribution in [1.29, 1.82) is 0 Å². The van der Waals surface area contributed by atoms with E-state index in [1.54, 1.807) is 48.5 Å². The predicted molar refractivity (Wildman–Crippen MR) is 98.4 cm³/mol. The Morgan fingerprint density at radius 3 is 2.36 bits per heavy atom. The summed E-state index contributed by atoms with van der Waals surface area (Å²) in [5.74, 6) is -2.83. The van der Waals surface area contributed by atoms with E-state index >= 15 is 0 Å². The summed E-state index contributed by atoms with van der Waals surface area (Å²) in [5.41, 5.74) is 1.05. The fourth-order valence-electron chi connectivity index (χ4n) is 1.94. The minimum atomic E-state index is -2.55. The van der Waals surface area contributed by atoms with Crippen molar-refractivity contribution >= 4 is 46.7 Å². The number of hydrogen-bond donors (Lipinski definition) is 2. The molecule has 0 unspecified atom stereocenters. The number of hydrogen-bond acceptors (Lipinski definition) is 4. The van der Waals surface area contributed by atoms with Crippen LogP contribution in [-0.2, 0) is 9.59 Å². The van der Waals surface area contributed by atoms with Crippen molar-refractivity contribution in [1.82, 2.24) is 0 Å². The highest BCUT2D eigenvalue weighted by atomic mass is 32.2. The molecule has 0 saturated heterocycles. The summed E-state index contributed by atoms with van der Waals surface area (Å²) in [6, 6.07) is 13.5. The van der Waals surface area contributed by atoms with Gasteiger partial charge < -0.3 is 10.6 Å². The first-order valence-corrected chi connectivity index (χ1v) is 9.14. The zero-order valence-electron chi connectivity index (χ0n) is 13.3. The molecule has 2 aromatic rings. The van der Waals surface area contributed by atoms with Crippen LogP contribution >= 0.6 is 23.5 Å². The Balaban J connectivity index is 1.90. The van der Waals surface area contributed by atoms with E-state index in [0.717, 1.165) is 4.90 Å². The van der Waals surface area contributed by atoms with Crippen LogP contribution in [0.15, 0.2) is 58.3 Å². The Labute approximate surface area is 152 Å². The molecule has 2 aromatic carbocycles. The lowest BCUT2D eigenvalue weighted by Gasteiger charge is -2.10. The van der Waals surface area contributed by atoms with Crippen LogP contribution in [0.3, 0.4) is 0 Å². The van der Waals surface area contributed by atoms with Gasteiger partial charge in [-0.05, 0) is 36.4 Å². The van der Waals surface area contributed by atoms with E-state index < -0.39 is 5.76 Å². The van der Waals surface area contributed by atoms with Gasteiger partial charge in [0.25, 0.3) is 5.76 Å². The molecule has 0 heterocycles. The highest BCUT2D eigenvalue weighted by Crippen LogP contribution is 2.31. The number of alkyl halides is 2. The van der Waals surface area contributed by atoms with Crippen molar-refractivity contribution in [3.8, 4) is 0 Å². The van der Waals surface area contributed by atoms with Crippen LogP contribution < -0.4 is 10.6 Å². The molecule has 0 aliphatic heterocycles. The molecule has 0 radical (unpaired) electrons. The number of thioether (sulfide) groups is 2. The van der Waals surface area contributed by atoms with Gasteiger partial charge in [-0.25, -0.2) is 0 Å². The average Bonchev–Trinajstić information content (AvgIpc) is 2.55. The monoisotopic (exact) mass is 382 g/mol. The minimum absolute atomic E-state index is 0.146. The number of benzene rings is 2. The topological polar surface area (TPSA) is 58.2 Å². The first kappa shape index (κ1) is 19.3. The van der Waals surface area contributed by atoms with Gasteiger partial charge in [0.15, 0.2) is 0 Å². The van der Waals surface area contributed by atoms with E-state index in [-0.39, 0.29) is 17.6 Å². The summed E-state index contributed by atoms with van der Waals surface area (Å²) in [6.07, 6.45) is 0. The zero-order chi connectivity index (χ0) is 18.2. The van der Waals surface area contributed by atoms with Crippen LogP contribution in [0.25, 0.3) is 0 Å². The molecule has 4 nitrogen and oxygen atoms in total. The normalized spacial score (nSPS) is 10.6. The molecule has 0 aromatic heterocycles. The smallest absolute Gasteiger partial charge is 0.288 e.